The first-order valence-electron chi connectivity index (χ1n) is 6.00. The van der Waals surface area contributed by atoms with Crippen molar-refractivity contribution >= 4 is 11.7 Å². The maximum atomic E-state index is 11.4. The molecule has 0 unspecified atom stereocenters. The molecule has 1 aromatic heterocycles. The van der Waals surface area contributed by atoms with Gasteiger partial charge in [-0.15, -0.1) is 0 Å². The Labute approximate surface area is 116 Å². The van der Waals surface area contributed by atoms with Gasteiger partial charge < -0.3 is 10.1 Å². The van der Waals surface area contributed by atoms with Crippen LogP contribution in [0.1, 0.15) is 21.6 Å². The minimum atomic E-state index is -0.472. The average molecular weight is 267 g/mol. The van der Waals surface area contributed by atoms with E-state index in [2.05, 4.69) is 21.1 Å². The van der Waals surface area contributed by atoms with E-state index < -0.39 is 5.97 Å². The van der Waals surface area contributed by atoms with E-state index in [1.54, 1.807) is 24.4 Å². The average Bonchev–Trinajstić information content (AvgIpc) is 2.52. The van der Waals surface area contributed by atoms with Crippen LogP contribution in [-0.2, 0) is 11.3 Å². The third-order valence-electron chi connectivity index (χ3n) is 2.71. The molecule has 0 aliphatic rings. The first-order chi connectivity index (χ1) is 9.72. The summed E-state index contributed by atoms with van der Waals surface area (Å²) in [6.45, 7) is 0.556. The van der Waals surface area contributed by atoms with Crippen molar-refractivity contribution in [2.24, 2.45) is 0 Å². The number of nitrogens with one attached hydrogen (secondary N) is 1. The molecule has 0 spiro atoms. The van der Waals surface area contributed by atoms with Crippen molar-refractivity contribution in [3.05, 3.63) is 59.4 Å². The molecule has 0 aliphatic heterocycles. The van der Waals surface area contributed by atoms with Gasteiger partial charge in [-0.25, -0.2) is 9.78 Å². The first-order valence-corrected chi connectivity index (χ1v) is 6.00. The van der Waals surface area contributed by atoms with E-state index in [1.807, 2.05) is 18.2 Å². The number of rotatable bonds is 4. The summed E-state index contributed by atoms with van der Waals surface area (Å²) in [6, 6.07) is 12.8. The van der Waals surface area contributed by atoms with Crippen LogP contribution in [0.2, 0.25) is 0 Å². The van der Waals surface area contributed by atoms with Gasteiger partial charge in [0.15, 0.2) is 0 Å². The van der Waals surface area contributed by atoms with Gasteiger partial charge in [-0.1, -0.05) is 12.1 Å². The summed E-state index contributed by atoms with van der Waals surface area (Å²) in [7, 11) is 1.32. The molecule has 1 aromatic carbocycles. The quantitative estimate of drug-likeness (QED) is 0.861. The van der Waals surface area contributed by atoms with Crippen LogP contribution < -0.4 is 5.32 Å². The molecule has 0 saturated carbocycles. The highest BCUT2D eigenvalue weighted by Crippen LogP contribution is 2.11. The number of methoxy groups -OCH3 is 1. The molecule has 0 saturated heterocycles. The number of carbonyl (C=O) groups excluding carboxylic acids is 1. The number of carbonyl (C=O) groups is 1. The smallest absolute Gasteiger partial charge is 0.356 e. The molecule has 100 valence electrons. The molecule has 2 aromatic rings. The van der Waals surface area contributed by atoms with E-state index in [-0.39, 0.29) is 5.69 Å². The lowest BCUT2D eigenvalue weighted by molar-refractivity contribution is 0.0594. The van der Waals surface area contributed by atoms with E-state index >= 15 is 0 Å². The van der Waals surface area contributed by atoms with Crippen LogP contribution in [0, 0.1) is 11.3 Å². The molecule has 1 heterocycles. The number of anilines is 1. The fourth-order valence-electron chi connectivity index (χ4n) is 1.71. The van der Waals surface area contributed by atoms with Gasteiger partial charge in [0.2, 0.25) is 0 Å². The Kier molecular flexibility index (Phi) is 4.30. The van der Waals surface area contributed by atoms with E-state index in [9.17, 15) is 4.79 Å². The SMILES string of the molecule is COC(=O)c1cc(NCc2cccc(C#N)c2)ccn1. The highest BCUT2D eigenvalue weighted by molar-refractivity contribution is 5.88. The number of hydrogen-bond acceptors (Lipinski definition) is 5. The third-order valence-corrected chi connectivity index (χ3v) is 2.71. The molecular weight excluding hydrogens is 254 g/mol. The monoisotopic (exact) mass is 267 g/mol. The second-order valence-electron chi connectivity index (χ2n) is 4.09. The minimum Gasteiger partial charge on any atom is -0.464 e. The normalized spacial score (nSPS) is 9.60. The van der Waals surface area contributed by atoms with Crippen molar-refractivity contribution in [2.45, 2.75) is 6.54 Å². The second-order valence-corrected chi connectivity index (χ2v) is 4.09. The number of esters is 1. The van der Waals surface area contributed by atoms with Gasteiger partial charge in [0.1, 0.15) is 5.69 Å². The van der Waals surface area contributed by atoms with Crippen molar-refractivity contribution in [3.8, 4) is 6.07 Å². The zero-order valence-corrected chi connectivity index (χ0v) is 11.0. The molecule has 0 radical (unpaired) electrons. The lowest BCUT2D eigenvalue weighted by atomic mass is 10.1. The molecule has 0 atom stereocenters. The van der Waals surface area contributed by atoms with Gasteiger partial charge in [0.05, 0.1) is 18.7 Å². The number of nitrogens with zero attached hydrogens (tertiary/aromatic N) is 2. The van der Waals surface area contributed by atoms with Crippen LogP contribution >= 0.6 is 0 Å². The van der Waals surface area contributed by atoms with Crippen LogP contribution in [0.3, 0.4) is 0 Å². The largest absolute Gasteiger partial charge is 0.464 e. The molecule has 2 rings (SSSR count). The summed E-state index contributed by atoms with van der Waals surface area (Å²) in [4.78, 5) is 15.3. The van der Waals surface area contributed by atoms with Crippen molar-refractivity contribution in [1.29, 1.82) is 5.26 Å². The molecule has 5 heteroatoms. The van der Waals surface area contributed by atoms with Crippen LogP contribution in [0.4, 0.5) is 5.69 Å². The van der Waals surface area contributed by atoms with Crippen molar-refractivity contribution in [2.75, 3.05) is 12.4 Å². The molecular formula is C15H13N3O2. The summed E-state index contributed by atoms with van der Waals surface area (Å²) in [5.41, 5.74) is 2.63. The van der Waals surface area contributed by atoms with Crippen molar-refractivity contribution in [1.82, 2.24) is 4.98 Å². The van der Waals surface area contributed by atoms with Crippen LogP contribution in [0.15, 0.2) is 42.6 Å². The van der Waals surface area contributed by atoms with Crippen LogP contribution in [0.25, 0.3) is 0 Å². The Hall–Kier alpha value is -2.87. The number of ether oxygens (including phenoxy) is 1. The van der Waals surface area contributed by atoms with E-state index in [4.69, 9.17) is 5.26 Å². The van der Waals surface area contributed by atoms with Crippen molar-refractivity contribution in [3.63, 3.8) is 0 Å². The zero-order chi connectivity index (χ0) is 14.4. The summed E-state index contributed by atoms with van der Waals surface area (Å²) >= 11 is 0. The number of aromatic nitrogens is 1. The van der Waals surface area contributed by atoms with E-state index in [0.717, 1.165) is 11.3 Å². The topological polar surface area (TPSA) is 75.0 Å². The fraction of sp³-hybridized carbons (Fsp3) is 0.133. The van der Waals surface area contributed by atoms with Gasteiger partial charge >= 0.3 is 5.97 Å². The molecule has 0 amide bonds. The maximum absolute atomic E-state index is 11.4. The van der Waals surface area contributed by atoms with Gasteiger partial charge in [0.25, 0.3) is 0 Å². The van der Waals surface area contributed by atoms with Gasteiger partial charge in [0, 0.05) is 18.4 Å². The highest BCUT2D eigenvalue weighted by atomic mass is 16.5. The summed E-state index contributed by atoms with van der Waals surface area (Å²) in [5, 5.41) is 12.0. The number of benzene rings is 1. The number of hydrogen-bond donors (Lipinski definition) is 1. The summed E-state index contributed by atoms with van der Waals surface area (Å²) in [5.74, 6) is -0.472. The van der Waals surface area contributed by atoms with Crippen LogP contribution in [0.5, 0.6) is 0 Å². The second kappa shape index (κ2) is 6.34. The predicted molar refractivity (Wildman–Crippen MR) is 74.1 cm³/mol. The third kappa shape index (κ3) is 3.33. The predicted octanol–water partition coefficient (Wildman–Crippen LogP) is 2.35. The molecule has 0 fully saturated rings. The summed E-state index contributed by atoms with van der Waals surface area (Å²) in [6.07, 6.45) is 1.54. The lowest BCUT2D eigenvalue weighted by Crippen LogP contribution is -2.06. The van der Waals surface area contributed by atoms with Gasteiger partial charge in [-0.05, 0) is 29.8 Å². The summed E-state index contributed by atoms with van der Waals surface area (Å²) < 4.78 is 4.62. The Morgan fingerprint density at radius 2 is 2.25 bits per heavy atom. The zero-order valence-electron chi connectivity index (χ0n) is 11.0. The molecule has 0 bridgehead atoms. The Bertz CT molecular complexity index is 662. The van der Waals surface area contributed by atoms with Gasteiger partial charge in [-0.2, -0.15) is 5.26 Å². The number of nitriles is 1. The Morgan fingerprint density at radius 3 is 3.00 bits per heavy atom. The molecule has 1 N–H and O–H groups in total. The van der Waals surface area contributed by atoms with E-state index in [0.29, 0.717) is 12.1 Å². The van der Waals surface area contributed by atoms with E-state index in [1.165, 1.54) is 7.11 Å². The fourth-order valence-corrected chi connectivity index (χ4v) is 1.71. The van der Waals surface area contributed by atoms with Crippen LogP contribution in [-0.4, -0.2) is 18.1 Å². The molecule has 5 nitrogen and oxygen atoms in total. The maximum Gasteiger partial charge on any atom is 0.356 e. The molecule has 0 aliphatic carbocycles. The minimum absolute atomic E-state index is 0.253. The number of pyridine rings is 1. The Balaban J connectivity index is 2.07. The Morgan fingerprint density at radius 1 is 1.40 bits per heavy atom. The standard InChI is InChI=1S/C15H13N3O2/c1-20-15(19)14-8-13(5-6-17-14)18-10-12-4-2-3-11(7-12)9-16/h2-8H,10H2,1H3,(H,17,18). The lowest BCUT2D eigenvalue weighted by Gasteiger charge is -2.07. The first kappa shape index (κ1) is 13.6. The van der Waals surface area contributed by atoms with Crippen molar-refractivity contribution < 1.29 is 9.53 Å². The highest BCUT2D eigenvalue weighted by Gasteiger charge is 2.07. The molecule has 20 heavy (non-hydrogen) atoms. The van der Waals surface area contributed by atoms with Gasteiger partial charge in [-0.3, -0.25) is 0 Å².